The van der Waals surface area contributed by atoms with Gasteiger partial charge in [0.15, 0.2) is 6.29 Å². The van der Waals surface area contributed by atoms with Gasteiger partial charge >= 0.3 is 0 Å². The van der Waals surface area contributed by atoms with Crippen LogP contribution in [0.1, 0.15) is 133 Å². The fourth-order valence-corrected chi connectivity index (χ4v) is 14.0. The molecular weight excluding hydrogens is 634 g/mol. The predicted molar refractivity (Wildman–Crippen MR) is 195 cm³/mol. The molecule has 2 spiro atoms. The van der Waals surface area contributed by atoms with Crippen LogP contribution in [0.15, 0.2) is 0 Å². The normalized spacial score (nSPS) is 47.8. The van der Waals surface area contributed by atoms with Crippen LogP contribution >= 0.6 is 0 Å². The molecule has 7 N–H and O–H groups in total. The third kappa shape index (κ3) is 6.00. The monoisotopic (exact) mass is 706 g/mol. The quantitative estimate of drug-likeness (QED) is 0.137. The second kappa shape index (κ2) is 14.2. The second-order valence-corrected chi connectivity index (χ2v) is 18.9. The summed E-state index contributed by atoms with van der Waals surface area (Å²) in [7, 11) is 0. The number of fused-ring (bicyclic) bond motifs is 2. The van der Waals surface area contributed by atoms with Gasteiger partial charge in [-0.25, -0.2) is 0 Å². The fourth-order valence-electron chi connectivity index (χ4n) is 14.0. The summed E-state index contributed by atoms with van der Waals surface area (Å²) in [5, 5.41) is 52.9. The molecule has 0 aromatic carbocycles. The summed E-state index contributed by atoms with van der Waals surface area (Å²) in [6.07, 6.45) is 16.8. The van der Waals surface area contributed by atoms with Crippen LogP contribution in [0.4, 0.5) is 0 Å². The van der Waals surface area contributed by atoms with Crippen molar-refractivity contribution in [2.45, 2.75) is 169 Å². The number of aliphatic hydroxyl groups is 4. The molecule has 6 rings (SSSR count). The highest BCUT2D eigenvalue weighted by Gasteiger charge is 2.89. The molecule has 1 aliphatic heterocycles. The lowest BCUT2D eigenvalue weighted by Crippen LogP contribution is -2.66. The summed E-state index contributed by atoms with van der Waals surface area (Å²) >= 11 is 0. The van der Waals surface area contributed by atoms with Gasteiger partial charge in [-0.05, 0) is 116 Å². The Bertz CT molecular complexity index is 1230. The second-order valence-electron chi connectivity index (χ2n) is 18.9. The number of hydrogen-bond donors (Lipinski definition) is 6. The minimum absolute atomic E-state index is 0.0225. The molecule has 5 saturated carbocycles. The van der Waals surface area contributed by atoms with Crippen molar-refractivity contribution >= 4 is 5.97 Å². The number of carboxylic acid groups (broad SMARTS) is 1. The summed E-state index contributed by atoms with van der Waals surface area (Å²) in [5.74, 6) is 0.746. The van der Waals surface area contributed by atoms with E-state index in [-0.39, 0.29) is 58.5 Å². The molecule has 0 aromatic heterocycles. The Morgan fingerprint density at radius 3 is 2.16 bits per heavy atom. The van der Waals surface area contributed by atoms with E-state index in [1.165, 1.54) is 0 Å². The maximum absolute atomic E-state index is 12.7. The van der Waals surface area contributed by atoms with Gasteiger partial charge < -0.3 is 40.7 Å². The standard InChI is InChI=1S/C37H65NO6.C2H4O2.C2H2/c1-22(10-9-15-31(3,4)41)29-30(40)37(42,21-38)34(8)26-12-11-25-32(5,6)27(44-28-20-24(39)14-19-43-28)13-16-35(25)23(2)36(26,35)18-17-33(29,34)7;1-2(3)4;1-2/h22-30,39-42H,9-21,38H2,1-8H3;1H3,(H,3,4);1-2H/t22-,23-,24+,25?,26+,27+,28?,29?,30?,33-,34+,35?,36+,37?;;/m1../s1. The van der Waals surface area contributed by atoms with Gasteiger partial charge in [-0.3, -0.25) is 4.79 Å². The van der Waals surface area contributed by atoms with E-state index in [2.05, 4.69) is 54.4 Å². The molecule has 5 aliphatic carbocycles. The Hall–Kier alpha value is -1.25. The van der Waals surface area contributed by atoms with E-state index in [0.29, 0.717) is 37.2 Å². The van der Waals surface area contributed by atoms with E-state index < -0.39 is 28.7 Å². The molecule has 0 bridgehead atoms. The number of nitrogens with two attached hydrogens (primary N) is 1. The lowest BCUT2D eigenvalue weighted by Gasteiger charge is -2.65. The van der Waals surface area contributed by atoms with Crippen molar-refractivity contribution in [1.82, 2.24) is 0 Å². The Labute approximate surface area is 302 Å². The first-order valence-electron chi connectivity index (χ1n) is 19.4. The molecule has 50 heavy (non-hydrogen) atoms. The number of terminal acetylenes is 1. The van der Waals surface area contributed by atoms with Crippen molar-refractivity contribution in [2.24, 2.45) is 62.4 Å². The van der Waals surface area contributed by atoms with Gasteiger partial charge in [0.2, 0.25) is 0 Å². The maximum Gasteiger partial charge on any atom is 0.300 e. The van der Waals surface area contributed by atoms with Crippen molar-refractivity contribution in [3.05, 3.63) is 0 Å². The molecule has 14 atom stereocenters. The highest BCUT2D eigenvalue weighted by molar-refractivity contribution is 5.63. The highest BCUT2D eigenvalue weighted by atomic mass is 16.7. The van der Waals surface area contributed by atoms with Crippen LogP contribution in [0.25, 0.3) is 0 Å². The molecule has 0 amide bonds. The Morgan fingerprint density at radius 1 is 1.02 bits per heavy atom. The number of aliphatic hydroxyl groups excluding tert-OH is 2. The van der Waals surface area contributed by atoms with Crippen LogP contribution in [-0.2, 0) is 14.3 Å². The zero-order valence-corrected chi connectivity index (χ0v) is 32.6. The molecule has 6 fully saturated rings. The first kappa shape index (κ1) is 41.5. The van der Waals surface area contributed by atoms with E-state index in [9.17, 15) is 20.4 Å². The minimum Gasteiger partial charge on any atom is -0.481 e. The number of ether oxygens (including phenoxy) is 2. The van der Waals surface area contributed by atoms with Gasteiger partial charge in [-0.1, -0.05) is 54.4 Å². The zero-order chi connectivity index (χ0) is 37.9. The molecule has 1 heterocycles. The summed E-state index contributed by atoms with van der Waals surface area (Å²) in [6, 6.07) is 0. The van der Waals surface area contributed by atoms with Gasteiger partial charge in [0.1, 0.15) is 5.60 Å². The summed E-state index contributed by atoms with van der Waals surface area (Å²) < 4.78 is 12.6. The minimum atomic E-state index is -1.33. The SMILES string of the molecule is C#C.CC(=O)O.C[C@H](CCCC(C)(C)O)C1C(O)C(O)(CN)[C@@]2(C)[C@@H]3CCC4C(C)(C)[C@@H](OC5C[C@@H](O)CCO5)CCC45[C@@H](C)[C@@]35CC[C@]12C. The highest BCUT2D eigenvalue weighted by Crippen LogP contribution is 2.92. The fraction of sp³-hybridized carbons (Fsp3) is 0.927. The number of rotatable bonds is 8. The third-order valence-corrected chi connectivity index (χ3v) is 16.2. The molecule has 0 radical (unpaired) electrons. The number of carboxylic acids is 1. The van der Waals surface area contributed by atoms with Crippen molar-refractivity contribution in [2.75, 3.05) is 13.2 Å². The van der Waals surface area contributed by atoms with Crippen molar-refractivity contribution < 1.29 is 39.8 Å². The van der Waals surface area contributed by atoms with Crippen LogP contribution < -0.4 is 5.73 Å². The Balaban J connectivity index is 0.000000875. The number of carbonyl (C=O) groups is 1. The third-order valence-electron chi connectivity index (χ3n) is 16.2. The largest absolute Gasteiger partial charge is 0.481 e. The van der Waals surface area contributed by atoms with E-state index >= 15 is 0 Å². The average molecular weight is 706 g/mol. The van der Waals surface area contributed by atoms with E-state index in [0.717, 1.165) is 64.7 Å². The van der Waals surface area contributed by atoms with Crippen LogP contribution in [0.3, 0.4) is 0 Å². The van der Waals surface area contributed by atoms with Gasteiger partial charge in [0, 0.05) is 25.3 Å². The van der Waals surface area contributed by atoms with E-state index in [1.807, 2.05) is 13.8 Å². The van der Waals surface area contributed by atoms with Crippen LogP contribution in [0.2, 0.25) is 0 Å². The smallest absolute Gasteiger partial charge is 0.300 e. The molecule has 9 nitrogen and oxygen atoms in total. The first-order valence-corrected chi connectivity index (χ1v) is 19.4. The molecule has 6 aliphatic rings. The topological polar surface area (TPSA) is 163 Å². The Morgan fingerprint density at radius 2 is 1.60 bits per heavy atom. The van der Waals surface area contributed by atoms with Crippen molar-refractivity contribution in [3.8, 4) is 12.8 Å². The first-order chi connectivity index (χ1) is 23.1. The van der Waals surface area contributed by atoms with Gasteiger partial charge in [0.05, 0.1) is 30.5 Å². The summed E-state index contributed by atoms with van der Waals surface area (Å²) in [6.45, 7) is 19.7. The number of aliphatic carboxylic acids is 1. The van der Waals surface area contributed by atoms with Crippen molar-refractivity contribution in [3.63, 3.8) is 0 Å². The summed E-state index contributed by atoms with van der Waals surface area (Å²) in [5.41, 5.74) is 4.13. The number of hydrogen-bond acceptors (Lipinski definition) is 8. The zero-order valence-electron chi connectivity index (χ0n) is 32.6. The lowest BCUT2D eigenvalue weighted by atomic mass is 9.40. The molecule has 288 valence electrons. The predicted octanol–water partition coefficient (Wildman–Crippen LogP) is 5.74. The van der Waals surface area contributed by atoms with Gasteiger partial charge in [-0.15, -0.1) is 12.8 Å². The molecule has 6 unspecified atom stereocenters. The van der Waals surface area contributed by atoms with E-state index in [1.54, 1.807) is 0 Å². The molecular formula is C41H71NO8. The van der Waals surface area contributed by atoms with Crippen LogP contribution in [0, 0.1) is 69.5 Å². The molecule has 0 aromatic rings. The average Bonchev–Trinajstić information content (AvgIpc) is 3.51. The van der Waals surface area contributed by atoms with Gasteiger partial charge in [0.25, 0.3) is 5.97 Å². The molecule has 9 heteroatoms. The van der Waals surface area contributed by atoms with Crippen LogP contribution in [-0.4, -0.2) is 80.5 Å². The molecule has 1 saturated heterocycles. The van der Waals surface area contributed by atoms with E-state index in [4.69, 9.17) is 25.1 Å². The van der Waals surface area contributed by atoms with Gasteiger partial charge in [-0.2, -0.15) is 0 Å². The van der Waals surface area contributed by atoms with Crippen molar-refractivity contribution in [1.29, 1.82) is 0 Å². The Kier molecular flexibility index (Phi) is 11.8. The van der Waals surface area contributed by atoms with Crippen LogP contribution in [0.5, 0.6) is 0 Å². The maximum atomic E-state index is 12.7. The summed E-state index contributed by atoms with van der Waals surface area (Å²) in [4.78, 5) is 9.00. The lowest BCUT2D eigenvalue weighted by molar-refractivity contribution is -0.255.